The first-order valence-corrected chi connectivity index (χ1v) is 10.9. The number of rotatable bonds is 10. The summed E-state index contributed by atoms with van der Waals surface area (Å²) in [6.07, 6.45) is 1.59. The van der Waals surface area contributed by atoms with Crippen LogP contribution in [-0.4, -0.2) is 34.9 Å². The molecule has 0 fully saturated rings. The van der Waals surface area contributed by atoms with Gasteiger partial charge in [0.2, 0.25) is 0 Å². The SMILES string of the molecule is COc1ccc(CC(=O)O)c(OCc2cc(-c3ccnc(CN)c3F)c3oc(CCO)cc3c2)c1. The average Bonchev–Trinajstić information content (AvgIpc) is 3.25. The van der Waals surface area contributed by atoms with Crippen molar-refractivity contribution in [3.63, 3.8) is 0 Å². The molecule has 0 saturated carbocycles. The number of nitrogens with zero attached hydrogens (tertiary/aromatic N) is 1. The quantitative estimate of drug-likeness (QED) is 0.312. The summed E-state index contributed by atoms with van der Waals surface area (Å²) in [6.45, 7) is -0.0598. The van der Waals surface area contributed by atoms with Crippen molar-refractivity contribution < 1.29 is 33.3 Å². The van der Waals surface area contributed by atoms with Crippen LogP contribution in [0.5, 0.6) is 11.5 Å². The van der Waals surface area contributed by atoms with Crippen LogP contribution in [0.25, 0.3) is 22.1 Å². The molecular weight excluding hydrogens is 455 g/mol. The number of carboxylic acid groups (broad SMARTS) is 1. The fraction of sp³-hybridized carbons (Fsp3) is 0.231. The zero-order chi connectivity index (χ0) is 24.9. The molecule has 8 nitrogen and oxygen atoms in total. The first-order chi connectivity index (χ1) is 16.9. The lowest BCUT2D eigenvalue weighted by atomic mass is 10.00. The molecule has 0 spiro atoms. The molecular formula is C26H25FN2O6. The largest absolute Gasteiger partial charge is 0.497 e. The van der Waals surface area contributed by atoms with Crippen LogP contribution in [0.4, 0.5) is 4.39 Å². The number of ether oxygens (including phenoxy) is 2. The number of hydrogen-bond donors (Lipinski definition) is 3. The van der Waals surface area contributed by atoms with E-state index in [4.69, 9.17) is 19.6 Å². The van der Waals surface area contributed by atoms with Crippen LogP contribution >= 0.6 is 0 Å². The topological polar surface area (TPSA) is 128 Å². The van der Waals surface area contributed by atoms with Crippen molar-refractivity contribution in [1.82, 2.24) is 4.98 Å². The Kier molecular flexibility index (Phi) is 7.28. The second-order valence-corrected chi connectivity index (χ2v) is 7.90. The zero-order valence-electron chi connectivity index (χ0n) is 19.1. The molecule has 0 aliphatic heterocycles. The number of aliphatic hydroxyl groups is 1. The van der Waals surface area contributed by atoms with E-state index < -0.39 is 11.8 Å². The number of halogens is 1. The van der Waals surface area contributed by atoms with Gasteiger partial charge < -0.3 is 29.8 Å². The van der Waals surface area contributed by atoms with Crippen LogP contribution in [0, 0.1) is 5.82 Å². The molecule has 35 heavy (non-hydrogen) atoms. The van der Waals surface area contributed by atoms with Gasteiger partial charge in [-0.05, 0) is 35.9 Å². The number of benzene rings is 2. The molecule has 0 aliphatic carbocycles. The Morgan fingerprint density at radius 1 is 1.17 bits per heavy atom. The fourth-order valence-corrected chi connectivity index (χ4v) is 3.89. The first kappa shape index (κ1) is 24.2. The lowest BCUT2D eigenvalue weighted by Gasteiger charge is -2.14. The van der Waals surface area contributed by atoms with E-state index in [0.29, 0.717) is 51.3 Å². The van der Waals surface area contributed by atoms with Crippen LogP contribution < -0.4 is 15.2 Å². The minimum absolute atomic E-state index is 0.0538. The van der Waals surface area contributed by atoms with Gasteiger partial charge in [-0.3, -0.25) is 9.78 Å². The molecule has 4 rings (SSSR count). The number of aromatic nitrogens is 1. The van der Waals surface area contributed by atoms with Crippen molar-refractivity contribution in [2.45, 2.75) is 26.0 Å². The van der Waals surface area contributed by atoms with E-state index in [-0.39, 0.29) is 37.4 Å². The van der Waals surface area contributed by atoms with E-state index in [1.165, 1.54) is 13.3 Å². The molecule has 0 aliphatic rings. The molecule has 2 aromatic heterocycles. The van der Waals surface area contributed by atoms with Gasteiger partial charge in [0.15, 0.2) is 5.82 Å². The van der Waals surface area contributed by atoms with Gasteiger partial charge in [0.1, 0.15) is 29.4 Å². The summed E-state index contributed by atoms with van der Waals surface area (Å²) in [6, 6.07) is 11.9. The van der Waals surface area contributed by atoms with Crippen LogP contribution in [0.15, 0.2) is 53.1 Å². The van der Waals surface area contributed by atoms with Crippen LogP contribution in [0.1, 0.15) is 22.6 Å². The van der Waals surface area contributed by atoms with Gasteiger partial charge in [-0.15, -0.1) is 0 Å². The maximum absolute atomic E-state index is 15.2. The fourth-order valence-electron chi connectivity index (χ4n) is 3.89. The number of aliphatic hydroxyl groups excluding tert-OH is 1. The second kappa shape index (κ2) is 10.5. The van der Waals surface area contributed by atoms with Crippen molar-refractivity contribution in [1.29, 1.82) is 0 Å². The number of carbonyl (C=O) groups is 1. The number of methoxy groups -OCH3 is 1. The van der Waals surface area contributed by atoms with Crippen molar-refractivity contribution in [3.8, 4) is 22.6 Å². The average molecular weight is 480 g/mol. The molecule has 0 atom stereocenters. The monoisotopic (exact) mass is 480 g/mol. The Morgan fingerprint density at radius 3 is 2.71 bits per heavy atom. The summed E-state index contributed by atoms with van der Waals surface area (Å²) in [5, 5.41) is 19.3. The maximum atomic E-state index is 15.2. The smallest absolute Gasteiger partial charge is 0.307 e. The highest BCUT2D eigenvalue weighted by atomic mass is 19.1. The van der Waals surface area contributed by atoms with Crippen molar-refractivity contribution in [2.75, 3.05) is 13.7 Å². The van der Waals surface area contributed by atoms with E-state index in [9.17, 15) is 15.0 Å². The molecule has 4 aromatic rings. The van der Waals surface area contributed by atoms with Gasteiger partial charge >= 0.3 is 5.97 Å². The molecule has 0 radical (unpaired) electrons. The maximum Gasteiger partial charge on any atom is 0.307 e. The standard InChI is InChI=1S/C26H25FN2O6/c1-33-18-3-2-16(11-24(31)32)23(12-18)34-14-15-8-17-10-19(5-7-30)35-26(17)21(9-15)20-4-6-29-22(13-28)25(20)27/h2-4,6,8-10,12,30H,5,7,11,13-14,28H2,1H3,(H,31,32). The Hall–Kier alpha value is -3.95. The van der Waals surface area contributed by atoms with E-state index in [1.54, 1.807) is 36.4 Å². The van der Waals surface area contributed by atoms with Crippen LogP contribution in [0.3, 0.4) is 0 Å². The van der Waals surface area contributed by atoms with Crippen molar-refractivity contribution in [3.05, 3.63) is 77.1 Å². The highest BCUT2D eigenvalue weighted by Gasteiger charge is 2.18. The van der Waals surface area contributed by atoms with Gasteiger partial charge in [-0.25, -0.2) is 4.39 Å². The third-order valence-corrected chi connectivity index (χ3v) is 5.54. The van der Waals surface area contributed by atoms with E-state index in [0.717, 1.165) is 0 Å². The Morgan fingerprint density at radius 2 is 2.00 bits per heavy atom. The predicted molar refractivity (Wildman–Crippen MR) is 127 cm³/mol. The molecule has 2 heterocycles. The highest BCUT2D eigenvalue weighted by molar-refractivity contribution is 5.93. The third kappa shape index (κ3) is 5.26. The van der Waals surface area contributed by atoms with Gasteiger partial charge in [0.25, 0.3) is 0 Å². The minimum atomic E-state index is -0.984. The summed E-state index contributed by atoms with van der Waals surface area (Å²) in [5.74, 6) is -0.0516. The summed E-state index contributed by atoms with van der Waals surface area (Å²) >= 11 is 0. The number of pyridine rings is 1. The molecule has 2 aromatic carbocycles. The van der Waals surface area contributed by atoms with Crippen LogP contribution in [0.2, 0.25) is 0 Å². The Balaban J connectivity index is 1.76. The normalized spacial score (nSPS) is 11.1. The van der Waals surface area contributed by atoms with Crippen molar-refractivity contribution >= 4 is 16.9 Å². The number of aliphatic carboxylic acids is 1. The molecule has 182 valence electrons. The molecule has 0 saturated heterocycles. The summed E-state index contributed by atoms with van der Waals surface area (Å²) in [7, 11) is 1.51. The lowest BCUT2D eigenvalue weighted by molar-refractivity contribution is -0.136. The molecule has 4 N–H and O–H groups in total. The molecule has 0 amide bonds. The number of fused-ring (bicyclic) bond motifs is 1. The van der Waals surface area contributed by atoms with E-state index in [1.807, 2.05) is 6.07 Å². The first-order valence-electron chi connectivity index (χ1n) is 10.9. The second-order valence-electron chi connectivity index (χ2n) is 7.90. The van der Waals surface area contributed by atoms with E-state index >= 15 is 4.39 Å². The van der Waals surface area contributed by atoms with Gasteiger partial charge in [0, 0.05) is 47.3 Å². The summed E-state index contributed by atoms with van der Waals surface area (Å²) in [4.78, 5) is 15.3. The number of carboxylic acids is 1. The molecule has 0 bridgehead atoms. The lowest BCUT2D eigenvalue weighted by Crippen LogP contribution is -2.05. The van der Waals surface area contributed by atoms with Gasteiger partial charge in [-0.2, -0.15) is 0 Å². The molecule has 0 unspecified atom stereocenters. The number of furan rings is 1. The van der Waals surface area contributed by atoms with Gasteiger partial charge in [0.05, 0.1) is 25.8 Å². The summed E-state index contributed by atoms with van der Waals surface area (Å²) in [5.41, 5.74) is 8.23. The van der Waals surface area contributed by atoms with Gasteiger partial charge in [-0.1, -0.05) is 6.07 Å². The zero-order valence-corrected chi connectivity index (χ0v) is 19.1. The van der Waals surface area contributed by atoms with Crippen LogP contribution in [-0.2, 0) is 30.8 Å². The Labute approximate surface area is 200 Å². The van der Waals surface area contributed by atoms with E-state index in [2.05, 4.69) is 4.98 Å². The third-order valence-electron chi connectivity index (χ3n) is 5.54. The highest BCUT2D eigenvalue weighted by Crippen LogP contribution is 2.35. The number of hydrogen-bond acceptors (Lipinski definition) is 7. The minimum Gasteiger partial charge on any atom is -0.497 e. The Bertz CT molecular complexity index is 1370. The summed E-state index contributed by atoms with van der Waals surface area (Å²) < 4.78 is 32.3. The molecule has 9 heteroatoms. The van der Waals surface area contributed by atoms with Crippen molar-refractivity contribution in [2.24, 2.45) is 5.73 Å². The number of nitrogens with two attached hydrogens (primary N) is 1. The predicted octanol–water partition coefficient (Wildman–Crippen LogP) is 3.84.